The fourth-order valence-corrected chi connectivity index (χ4v) is 4.02. The third kappa shape index (κ3) is 9.18. The number of sulfonamides is 1. The molecule has 2 N–H and O–H groups in total. The van der Waals surface area contributed by atoms with Gasteiger partial charge in [0.25, 0.3) is 0 Å². The third-order valence-corrected chi connectivity index (χ3v) is 6.24. The van der Waals surface area contributed by atoms with E-state index in [1.165, 1.54) is 29.8 Å². The Morgan fingerprint density at radius 1 is 1.27 bits per heavy atom. The summed E-state index contributed by atoms with van der Waals surface area (Å²) in [5.74, 6) is 0.814. The van der Waals surface area contributed by atoms with E-state index < -0.39 is 10.0 Å². The van der Waals surface area contributed by atoms with Gasteiger partial charge in [-0.05, 0) is 38.0 Å². The van der Waals surface area contributed by atoms with E-state index >= 15 is 0 Å². The van der Waals surface area contributed by atoms with E-state index in [0.717, 1.165) is 38.5 Å². The molecule has 0 radical (unpaired) electrons. The molecule has 156 valence electrons. The largest absolute Gasteiger partial charge is 0.385 e. The van der Waals surface area contributed by atoms with E-state index in [1.807, 2.05) is 13.8 Å². The smallest absolute Gasteiger partial charge is 0.211 e. The van der Waals surface area contributed by atoms with Gasteiger partial charge in [-0.2, -0.15) is 0 Å². The molecule has 0 atom stereocenters. The summed E-state index contributed by atoms with van der Waals surface area (Å²) in [4.78, 5) is 4.75. The number of nitrogens with zero attached hydrogens (tertiary/aromatic N) is 2. The summed E-state index contributed by atoms with van der Waals surface area (Å²) in [7, 11) is -1.36. The van der Waals surface area contributed by atoms with Crippen LogP contribution in [0.1, 0.15) is 46.0 Å². The van der Waals surface area contributed by atoms with Gasteiger partial charge in [-0.1, -0.05) is 13.3 Å². The second-order valence-corrected chi connectivity index (χ2v) is 8.81. The predicted molar refractivity (Wildman–Crippen MR) is 119 cm³/mol. The van der Waals surface area contributed by atoms with Gasteiger partial charge in [0.15, 0.2) is 5.96 Å². The van der Waals surface area contributed by atoms with Crippen LogP contribution in [0.2, 0.25) is 0 Å². The van der Waals surface area contributed by atoms with Crippen molar-refractivity contribution >= 4 is 40.0 Å². The fraction of sp³-hybridized carbons (Fsp3) is 0.941. The van der Waals surface area contributed by atoms with Crippen LogP contribution in [0.5, 0.6) is 0 Å². The van der Waals surface area contributed by atoms with Gasteiger partial charge in [-0.3, -0.25) is 4.99 Å². The van der Waals surface area contributed by atoms with Gasteiger partial charge >= 0.3 is 0 Å². The molecule has 1 saturated carbocycles. The fourth-order valence-electron chi connectivity index (χ4n) is 3.09. The van der Waals surface area contributed by atoms with Crippen molar-refractivity contribution in [1.82, 2.24) is 14.9 Å². The maximum Gasteiger partial charge on any atom is 0.211 e. The molecular formula is C17H37IN4O3S. The van der Waals surface area contributed by atoms with E-state index in [9.17, 15) is 8.42 Å². The van der Waals surface area contributed by atoms with Gasteiger partial charge in [0.1, 0.15) is 0 Å². The van der Waals surface area contributed by atoms with Gasteiger partial charge in [-0.15, -0.1) is 24.0 Å². The van der Waals surface area contributed by atoms with Crippen molar-refractivity contribution in [1.29, 1.82) is 0 Å². The predicted octanol–water partition coefficient (Wildman–Crippen LogP) is 2.04. The third-order valence-electron chi connectivity index (χ3n) is 4.87. The minimum absolute atomic E-state index is 0. The highest BCUT2D eigenvalue weighted by molar-refractivity contribution is 14.0. The standard InChI is InChI=1S/C17H36N4O3S.HI/c1-5-18-16(19-12-8-13-21(6-2)25(4,22)23)20-15-17(9-7-10-17)11-14-24-3;/h5-15H2,1-4H3,(H2,18,19,20);1H. The topological polar surface area (TPSA) is 83.0 Å². The Hall–Kier alpha value is -0.130. The Kier molecular flexibility index (Phi) is 13.0. The molecule has 0 heterocycles. The lowest BCUT2D eigenvalue weighted by Crippen LogP contribution is -2.41. The molecular weight excluding hydrogens is 467 g/mol. The normalized spacial score (nSPS) is 16.7. The second-order valence-electron chi connectivity index (χ2n) is 6.83. The zero-order chi connectivity index (χ0) is 18.8. The minimum Gasteiger partial charge on any atom is -0.385 e. The lowest BCUT2D eigenvalue weighted by Gasteiger charge is -2.40. The number of aliphatic imine (C=N–C) groups is 1. The number of ether oxygens (including phenoxy) is 1. The number of hydrogen-bond donors (Lipinski definition) is 2. The van der Waals surface area contributed by atoms with Crippen molar-refractivity contribution in [2.45, 2.75) is 46.0 Å². The molecule has 26 heavy (non-hydrogen) atoms. The van der Waals surface area contributed by atoms with Crippen LogP contribution in [0.25, 0.3) is 0 Å². The second kappa shape index (κ2) is 13.1. The number of methoxy groups -OCH3 is 1. The first kappa shape index (κ1) is 25.9. The lowest BCUT2D eigenvalue weighted by atomic mass is 9.67. The van der Waals surface area contributed by atoms with Crippen LogP contribution in [0.15, 0.2) is 4.99 Å². The molecule has 1 aliphatic carbocycles. The molecule has 0 spiro atoms. The Bertz CT molecular complexity index is 510. The summed E-state index contributed by atoms with van der Waals surface area (Å²) in [6.45, 7) is 8.05. The van der Waals surface area contributed by atoms with Gasteiger partial charge in [-0.25, -0.2) is 12.7 Å². The van der Waals surface area contributed by atoms with Crippen LogP contribution in [0.4, 0.5) is 0 Å². The minimum atomic E-state index is -3.11. The Morgan fingerprint density at radius 3 is 2.42 bits per heavy atom. The Labute approximate surface area is 176 Å². The first-order valence-electron chi connectivity index (χ1n) is 9.33. The summed E-state index contributed by atoms with van der Waals surface area (Å²) in [6, 6.07) is 0. The van der Waals surface area contributed by atoms with Crippen molar-refractivity contribution in [2.75, 3.05) is 52.7 Å². The van der Waals surface area contributed by atoms with Crippen molar-refractivity contribution < 1.29 is 13.2 Å². The van der Waals surface area contributed by atoms with Gasteiger partial charge < -0.3 is 15.4 Å². The molecule has 7 nitrogen and oxygen atoms in total. The highest BCUT2D eigenvalue weighted by Gasteiger charge is 2.36. The van der Waals surface area contributed by atoms with E-state index in [4.69, 9.17) is 9.73 Å². The zero-order valence-corrected chi connectivity index (χ0v) is 19.9. The number of rotatable bonds is 12. The van der Waals surface area contributed by atoms with Crippen LogP contribution < -0.4 is 10.6 Å². The maximum absolute atomic E-state index is 11.6. The van der Waals surface area contributed by atoms with E-state index in [0.29, 0.717) is 25.0 Å². The van der Waals surface area contributed by atoms with Crippen molar-refractivity contribution in [3.05, 3.63) is 0 Å². The van der Waals surface area contributed by atoms with Gasteiger partial charge in [0.05, 0.1) is 6.26 Å². The molecule has 1 rings (SSSR count). The molecule has 0 aromatic carbocycles. The molecule has 0 bridgehead atoms. The van der Waals surface area contributed by atoms with E-state index in [-0.39, 0.29) is 24.0 Å². The van der Waals surface area contributed by atoms with Gasteiger partial charge in [0, 0.05) is 46.4 Å². The quantitative estimate of drug-likeness (QED) is 0.184. The SMILES string of the molecule is CCNC(=NCC1(CCOC)CCC1)NCCCN(CC)S(C)(=O)=O.I. The summed E-state index contributed by atoms with van der Waals surface area (Å²) in [5.41, 5.74) is 0.299. The molecule has 0 aromatic rings. The van der Waals surface area contributed by atoms with E-state index in [2.05, 4.69) is 10.6 Å². The molecule has 0 unspecified atom stereocenters. The highest BCUT2D eigenvalue weighted by Crippen LogP contribution is 2.44. The summed E-state index contributed by atoms with van der Waals surface area (Å²) in [6.07, 6.45) is 6.79. The molecule has 0 saturated heterocycles. The zero-order valence-electron chi connectivity index (χ0n) is 16.7. The van der Waals surface area contributed by atoms with Crippen LogP contribution in [-0.2, 0) is 14.8 Å². The molecule has 0 aliphatic heterocycles. The first-order valence-corrected chi connectivity index (χ1v) is 11.2. The summed E-state index contributed by atoms with van der Waals surface area (Å²) >= 11 is 0. The van der Waals surface area contributed by atoms with Crippen LogP contribution in [0.3, 0.4) is 0 Å². The average Bonchev–Trinajstić information content (AvgIpc) is 2.52. The molecule has 0 aromatic heterocycles. The van der Waals surface area contributed by atoms with Crippen LogP contribution in [-0.4, -0.2) is 71.4 Å². The number of guanidine groups is 1. The van der Waals surface area contributed by atoms with Gasteiger partial charge in [0.2, 0.25) is 10.0 Å². The first-order chi connectivity index (χ1) is 11.9. The molecule has 0 amide bonds. The summed E-state index contributed by atoms with van der Waals surface area (Å²) < 4.78 is 29.9. The molecule has 1 aliphatic rings. The number of halogens is 1. The Balaban J connectivity index is 0.00000625. The average molecular weight is 504 g/mol. The van der Waals surface area contributed by atoms with Crippen LogP contribution in [0, 0.1) is 5.41 Å². The van der Waals surface area contributed by atoms with Crippen LogP contribution >= 0.6 is 24.0 Å². The Morgan fingerprint density at radius 2 is 1.96 bits per heavy atom. The molecule has 9 heteroatoms. The lowest BCUT2D eigenvalue weighted by molar-refractivity contribution is 0.0778. The number of hydrogen-bond acceptors (Lipinski definition) is 4. The monoisotopic (exact) mass is 504 g/mol. The highest BCUT2D eigenvalue weighted by atomic mass is 127. The number of nitrogens with one attached hydrogen (secondary N) is 2. The van der Waals surface area contributed by atoms with Crippen molar-refractivity contribution in [2.24, 2.45) is 10.4 Å². The molecule has 1 fully saturated rings. The van der Waals surface area contributed by atoms with Crippen molar-refractivity contribution in [3.8, 4) is 0 Å². The van der Waals surface area contributed by atoms with E-state index in [1.54, 1.807) is 7.11 Å². The van der Waals surface area contributed by atoms with Crippen molar-refractivity contribution in [3.63, 3.8) is 0 Å². The maximum atomic E-state index is 11.6. The summed E-state index contributed by atoms with van der Waals surface area (Å²) in [5, 5.41) is 6.58.